The molecule has 142 valence electrons. The van der Waals surface area contributed by atoms with E-state index < -0.39 is 12.2 Å². The molecule has 0 amide bonds. The molecule has 1 aliphatic heterocycles. The molecule has 2 aromatic heterocycles. The van der Waals surface area contributed by atoms with Crippen molar-refractivity contribution in [2.45, 2.75) is 31.6 Å². The number of piperidine rings is 1. The van der Waals surface area contributed by atoms with Gasteiger partial charge in [0.1, 0.15) is 6.17 Å². The van der Waals surface area contributed by atoms with Gasteiger partial charge in [0.05, 0.1) is 33.8 Å². The van der Waals surface area contributed by atoms with Crippen molar-refractivity contribution in [2.75, 3.05) is 18.0 Å². The number of imidazole rings is 1. The van der Waals surface area contributed by atoms with Crippen molar-refractivity contribution in [3.05, 3.63) is 52.3 Å². The lowest BCUT2D eigenvalue weighted by atomic mass is 10.1. The molecule has 1 saturated heterocycles. The van der Waals surface area contributed by atoms with Crippen LogP contribution in [0.5, 0.6) is 0 Å². The number of rotatable bonds is 3. The summed E-state index contributed by atoms with van der Waals surface area (Å²) in [6.07, 6.45) is 1.04. The highest BCUT2D eigenvalue weighted by Crippen LogP contribution is 2.32. The van der Waals surface area contributed by atoms with Gasteiger partial charge in [-0.25, -0.2) is 9.37 Å². The van der Waals surface area contributed by atoms with Gasteiger partial charge in [-0.3, -0.25) is 4.98 Å². The van der Waals surface area contributed by atoms with E-state index in [1.54, 1.807) is 6.20 Å². The first kappa shape index (κ1) is 18.5. The van der Waals surface area contributed by atoms with Crippen LogP contribution >= 0.6 is 23.2 Å². The molecule has 0 bridgehead atoms. The average Bonchev–Trinajstić information content (AvgIpc) is 3.02. The fourth-order valence-corrected chi connectivity index (χ4v) is 3.84. The number of nitrogens with two attached hydrogens (primary N) is 1. The predicted octanol–water partition coefficient (Wildman–Crippen LogP) is 4.22. The second-order valence-corrected chi connectivity index (χ2v) is 7.78. The Balaban J connectivity index is 1.83. The molecule has 2 unspecified atom stereocenters. The Morgan fingerprint density at radius 3 is 2.70 bits per heavy atom. The topological polar surface area (TPSA) is 60.0 Å². The minimum Gasteiger partial charge on any atom is -0.340 e. The Labute approximate surface area is 166 Å². The van der Waals surface area contributed by atoms with E-state index in [2.05, 4.69) is 16.5 Å². The highest BCUT2D eigenvalue weighted by molar-refractivity contribution is 6.31. The van der Waals surface area contributed by atoms with Crippen molar-refractivity contribution < 1.29 is 4.39 Å². The van der Waals surface area contributed by atoms with Crippen LogP contribution in [0.25, 0.3) is 11.0 Å². The lowest BCUT2D eigenvalue weighted by Crippen LogP contribution is -2.50. The maximum Gasteiger partial charge on any atom is 0.207 e. The summed E-state index contributed by atoms with van der Waals surface area (Å²) in [7, 11) is 0. The summed E-state index contributed by atoms with van der Waals surface area (Å²) in [5.41, 5.74) is 8.56. The van der Waals surface area contributed by atoms with Gasteiger partial charge < -0.3 is 15.2 Å². The zero-order valence-electron chi connectivity index (χ0n) is 14.8. The van der Waals surface area contributed by atoms with Crippen molar-refractivity contribution in [1.29, 1.82) is 0 Å². The zero-order valence-corrected chi connectivity index (χ0v) is 16.3. The largest absolute Gasteiger partial charge is 0.340 e. The van der Waals surface area contributed by atoms with E-state index in [4.69, 9.17) is 33.9 Å². The molecule has 4 rings (SSSR count). The lowest BCUT2D eigenvalue weighted by Gasteiger charge is -2.34. The van der Waals surface area contributed by atoms with Crippen LogP contribution in [-0.2, 0) is 0 Å². The lowest BCUT2D eigenvalue weighted by molar-refractivity contribution is 0.243. The molecule has 1 aliphatic rings. The number of anilines is 1. The van der Waals surface area contributed by atoms with E-state index in [1.807, 2.05) is 35.2 Å². The first-order valence-corrected chi connectivity index (χ1v) is 9.63. The molecule has 5 nitrogen and oxygen atoms in total. The summed E-state index contributed by atoms with van der Waals surface area (Å²) in [5, 5.41) is 1.21. The Morgan fingerprint density at radius 1 is 1.22 bits per heavy atom. The third kappa shape index (κ3) is 3.49. The van der Waals surface area contributed by atoms with Crippen LogP contribution in [-0.4, -0.2) is 39.8 Å². The first-order chi connectivity index (χ1) is 12.9. The van der Waals surface area contributed by atoms with Crippen LogP contribution in [0.15, 0.2) is 36.5 Å². The van der Waals surface area contributed by atoms with Crippen LogP contribution < -0.4 is 10.6 Å². The Kier molecular flexibility index (Phi) is 4.97. The van der Waals surface area contributed by atoms with Crippen LogP contribution in [0, 0.1) is 0 Å². The number of halogens is 3. The molecule has 3 aromatic rings. The van der Waals surface area contributed by atoms with Crippen LogP contribution in [0.1, 0.15) is 25.1 Å². The summed E-state index contributed by atoms with van der Waals surface area (Å²) in [6.45, 7) is 3.03. The number of pyridine rings is 1. The molecule has 1 aromatic carbocycles. The quantitative estimate of drug-likeness (QED) is 0.705. The van der Waals surface area contributed by atoms with Gasteiger partial charge in [0.25, 0.3) is 0 Å². The standard InChI is InChI=1S/C19H20Cl2FN5/c1-11(16-4-2-13(21)9-24-16)27-18-5-3-12(20)8-17(18)25-19(27)26-7-6-14(22)15(23)10-26/h2-5,8-9,11,14-15H,6-7,10,23H2,1H3/t11-,14?,15?/m0/s1. The summed E-state index contributed by atoms with van der Waals surface area (Å²) < 4.78 is 16.0. The Hall–Kier alpha value is -1.89. The van der Waals surface area contributed by atoms with Crippen molar-refractivity contribution in [2.24, 2.45) is 5.73 Å². The highest BCUT2D eigenvalue weighted by atomic mass is 35.5. The number of fused-ring (bicyclic) bond motifs is 1. The number of hydrogen-bond acceptors (Lipinski definition) is 4. The van der Waals surface area contributed by atoms with E-state index in [9.17, 15) is 4.39 Å². The number of alkyl halides is 1. The molecule has 8 heteroatoms. The predicted molar refractivity (Wildman–Crippen MR) is 108 cm³/mol. The average molecular weight is 408 g/mol. The van der Waals surface area contributed by atoms with Crippen molar-refractivity contribution >= 4 is 40.2 Å². The monoisotopic (exact) mass is 407 g/mol. The van der Waals surface area contributed by atoms with E-state index in [0.717, 1.165) is 22.7 Å². The number of nitrogens with zero attached hydrogens (tertiary/aromatic N) is 4. The van der Waals surface area contributed by atoms with Crippen LogP contribution in [0.4, 0.5) is 10.3 Å². The summed E-state index contributed by atoms with van der Waals surface area (Å²) in [6, 6.07) is 8.72. The minimum absolute atomic E-state index is 0.0947. The second-order valence-electron chi connectivity index (χ2n) is 6.91. The third-order valence-corrected chi connectivity index (χ3v) is 5.51. The fourth-order valence-electron chi connectivity index (χ4n) is 3.57. The molecule has 1 fully saturated rings. The van der Waals surface area contributed by atoms with Gasteiger partial charge in [0.2, 0.25) is 5.95 Å². The normalized spacial score (nSPS) is 21.6. The summed E-state index contributed by atoms with van der Waals surface area (Å²) in [4.78, 5) is 11.3. The van der Waals surface area contributed by atoms with Gasteiger partial charge in [-0.2, -0.15) is 0 Å². The van der Waals surface area contributed by atoms with E-state index in [0.29, 0.717) is 29.6 Å². The molecule has 0 saturated carbocycles. The SMILES string of the molecule is C[C@@H](c1ccc(Cl)cn1)n1c(N2CCC(F)C(N)C2)nc2cc(Cl)ccc21. The fraction of sp³-hybridized carbons (Fsp3) is 0.368. The first-order valence-electron chi connectivity index (χ1n) is 8.87. The number of hydrogen-bond donors (Lipinski definition) is 1. The van der Waals surface area contributed by atoms with Crippen molar-refractivity contribution in [3.63, 3.8) is 0 Å². The van der Waals surface area contributed by atoms with Crippen molar-refractivity contribution in [3.8, 4) is 0 Å². The third-order valence-electron chi connectivity index (χ3n) is 5.05. The molecule has 27 heavy (non-hydrogen) atoms. The summed E-state index contributed by atoms with van der Waals surface area (Å²) in [5.74, 6) is 0.749. The smallest absolute Gasteiger partial charge is 0.207 e. The Morgan fingerprint density at radius 2 is 2.00 bits per heavy atom. The Bertz CT molecular complexity index is 959. The minimum atomic E-state index is -0.983. The van der Waals surface area contributed by atoms with Gasteiger partial charge in [-0.1, -0.05) is 23.2 Å². The van der Waals surface area contributed by atoms with Gasteiger partial charge in [0, 0.05) is 24.3 Å². The van der Waals surface area contributed by atoms with Gasteiger partial charge in [0.15, 0.2) is 0 Å². The molecule has 0 spiro atoms. The van der Waals surface area contributed by atoms with Gasteiger partial charge >= 0.3 is 0 Å². The van der Waals surface area contributed by atoms with Crippen LogP contribution in [0.2, 0.25) is 10.0 Å². The number of aromatic nitrogens is 3. The second kappa shape index (κ2) is 7.26. The molecule has 2 N–H and O–H groups in total. The molecule has 0 aliphatic carbocycles. The van der Waals surface area contributed by atoms with Crippen molar-refractivity contribution in [1.82, 2.24) is 14.5 Å². The number of benzene rings is 1. The molecule has 3 atom stereocenters. The molecule has 3 heterocycles. The zero-order chi connectivity index (χ0) is 19.1. The molecular formula is C19H20Cl2FN5. The van der Waals surface area contributed by atoms with Gasteiger partial charge in [-0.05, 0) is 43.7 Å². The molecular weight excluding hydrogens is 388 g/mol. The molecule has 0 radical (unpaired) electrons. The van der Waals surface area contributed by atoms with E-state index in [1.165, 1.54) is 0 Å². The maximum atomic E-state index is 13.9. The van der Waals surface area contributed by atoms with Crippen LogP contribution in [0.3, 0.4) is 0 Å². The maximum absolute atomic E-state index is 13.9. The summed E-state index contributed by atoms with van der Waals surface area (Å²) >= 11 is 12.1. The van der Waals surface area contributed by atoms with E-state index >= 15 is 0 Å². The van der Waals surface area contributed by atoms with Gasteiger partial charge in [-0.15, -0.1) is 0 Å². The van der Waals surface area contributed by atoms with E-state index in [-0.39, 0.29) is 6.04 Å². The highest BCUT2D eigenvalue weighted by Gasteiger charge is 2.30.